The van der Waals surface area contributed by atoms with Crippen LogP contribution in [-0.2, 0) is 7.05 Å². The minimum absolute atomic E-state index is 0.204. The van der Waals surface area contributed by atoms with Crippen LogP contribution in [0.2, 0.25) is 0 Å². The number of hydrogen-bond donors (Lipinski definition) is 2. The third kappa shape index (κ3) is 4.26. The smallest absolute Gasteiger partial charge is 0.404 e. The number of amides is 1. The van der Waals surface area contributed by atoms with Gasteiger partial charge in [0.25, 0.3) is 5.56 Å². The Kier molecular flexibility index (Phi) is 5.91. The van der Waals surface area contributed by atoms with Crippen molar-refractivity contribution < 1.29 is 19.4 Å². The number of methoxy groups -OCH3 is 1. The molecule has 2 heterocycles. The summed E-state index contributed by atoms with van der Waals surface area (Å²) in [6, 6.07) is 6.95. The Bertz CT molecular complexity index is 1110. The van der Waals surface area contributed by atoms with Crippen LogP contribution in [0, 0.1) is 5.92 Å². The zero-order valence-electron chi connectivity index (χ0n) is 16.9. The monoisotopic (exact) mass is 399 g/mol. The van der Waals surface area contributed by atoms with Crippen LogP contribution in [0.4, 0.5) is 4.79 Å². The second kappa shape index (κ2) is 8.38. The zero-order valence-corrected chi connectivity index (χ0v) is 16.9. The number of rotatable bonds is 7. The lowest BCUT2D eigenvalue weighted by Crippen LogP contribution is -2.39. The number of ether oxygens (including phenoxy) is 2. The zero-order chi connectivity index (χ0) is 21.1. The van der Waals surface area contributed by atoms with Crippen molar-refractivity contribution in [1.82, 2.24) is 14.9 Å². The number of fused-ring (bicyclic) bond motifs is 3. The lowest BCUT2D eigenvalue weighted by atomic mass is 10.0. The molecule has 8 nitrogen and oxygen atoms in total. The fourth-order valence-corrected chi connectivity index (χ4v) is 3.52. The van der Waals surface area contributed by atoms with E-state index in [4.69, 9.17) is 14.6 Å². The molecule has 2 N–H and O–H groups in total. The molecule has 154 valence electrons. The first-order valence-electron chi connectivity index (χ1n) is 9.39. The molecule has 2 aromatic heterocycles. The predicted molar refractivity (Wildman–Crippen MR) is 111 cm³/mol. The minimum atomic E-state index is -1.07. The van der Waals surface area contributed by atoms with Gasteiger partial charge < -0.3 is 24.5 Å². The normalized spacial score (nSPS) is 12.3. The van der Waals surface area contributed by atoms with Gasteiger partial charge in [-0.25, -0.2) is 9.78 Å². The number of hydrogen-bond acceptors (Lipinski definition) is 5. The number of nitrogens with one attached hydrogen (secondary N) is 1. The molecule has 0 aliphatic carbocycles. The summed E-state index contributed by atoms with van der Waals surface area (Å²) in [7, 11) is 3.18. The van der Waals surface area contributed by atoms with E-state index in [0.29, 0.717) is 34.9 Å². The largest absolute Gasteiger partial charge is 0.491 e. The van der Waals surface area contributed by atoms with Crippen LogP contribution in [0.15, 0.2) is 35.3 Å². The maximum atomic E-state index is 12.9. The Morgan fingerprint density at radius 1 is 1.28 bits per heavy atom. The molecule has 0 bridgehead atoms. The predicted octanol–water partition coefficient (Wildman–Crippen LogP) is 3.16. The Balaban J connectivity index is 1.98. The Morgan fingerprint density at radius 2 is 2.03 bits per heavy atom. The molecule has 3 rings (SSSR count). The first-order valence-corrected chi connectivity index (χ1v) is 9.39. The van der Waals surface area contributed by atoms with Gasteiger partial charge in [-0.2, -0.15) is 0 Å². The third-order valence-electron chi connectivity index (χ3n) is 4.78. The summed E-state index contributed by atoms with van der Waals surface area (Å²) in [6.07, 6.45) is 1.20. The van der Waals surface area contributed by atoms with Crippen LogP contribution in [-0.4, -0.2) is 40.5 Å². The van der Waals surface area contributed by atoms with Gasteiger partial charge in [-0.3, -0.25) is 4.79 Å². The second-order valence-electron chi connectivity index (χ2n) is 7.37. The molecular weight excluding hydrogens is 374 g/mol. The van der Waals surface area contributed by atoms with Gasteiger partial charge in [0.15, 0.2) is 0 Å². The summed E-state index contributed by atoms with van der Waals surface area (Å²) < 4.78 is 12.6. The average molecular weight is 399 g/mol. The standard InChI is InChI=1S/C21H25N3O5/c1-12(2)9-13(23-21(26)27)11-29-14-5-6-15-16-7-8-22-19(28-4)18(16)20(25)24(3)17(15)10-14/h5-8,10,12-13,23H,9,11H2,1-4H3,(H,26,27). The highest BCUT2D eigenvalue weighted by Gasteiger charge is 2.16. The summed E-state index contributed by atoms with van der Waals surface area (Å²) in [6.45, 7) is 4.25. The Morgan fingerprint density at radius 3 is 2.69 bits per heavy atom. The lowest BCUT2D eigenvalue weighted by molar-refractivity contribution is 0.176. The summed E-state index contributed by atoms with van der Waals surface area (Å²) in [5.41, 5.74) is 0.500. The summed E-state index contributed by atoms with van der Waals surface area (Å²) in [5.74, 6) is 1.18. The number of nitrogens with zero attached hydrogens (tertiary/aromatic N) is 2. The van der Waals surface area contributed by atoms with Gasteiger partial charge in [0, 0.05) is 30.1 Å². The van der Waals surface area contributed by atoms with Gasteiger partial charge in [-0.1, -0.05) is 13.8 Å². The van der Waals surface area contributed by atoms with Gasteiger partial charge in [0.2, 0.25) is 5.88 Å². The van der Waals surface area contributed by atoms with Crippen LogP contribution >= 0.6 is 0 Å². The van der Waals surface area contributed by atoms with Gasteiger partial charge >= 0.3 is 6.09 Å². The number of aryl methyl sites for hydroxylation is 1. The molecule has 0 fully saturated rings. The molecule has 1 unspecified atom stereocenters. The summed E-state index contributed by atoms with van der Waals surface area (Å²) >= 11 is 0. The Hall–Kier alpha value is -3.29. The molecule has 3 aromatic rings. The molecule has 0 saturated carbocycles. The Labute approximate surface area is 168 Å². The quantitative estimate of drug-likeness (QED) is 0.592. The van der Waals surface area contributed by atoms with E-state index in [1.165, 1.54) is 11.7 Å². The minimum Gasteiger partial charge on any atom is -0.491 e. The second-order valence-corrected chi connectivity index (χ2v) is 7.37. The number of pyridine rings is 2. The summed E-state index contributed by atoms with van der Waals surface area (Å²) in [5, 5.41) is 13.6. The van der Waals surface area contributed by atoms with Crippen molar-refractivity contribution in [3.05, 3.63) is 40.8 Å². The number of benzene rings is 1. The maximum absolute atomic E-state index is 12.9. The molecule has 29 heavy (non-hydrogen) atoms. The van der Waals surface area contributed by atoms with E-state index in [1.54, 1.807) is 25.4 Å². The molecule has 0 spiro atoms. The highest BCUT2D eigenvalue weighted by Crippen LogP contribution is 2.29. The molecular formula is C21H25N3O5. The van der Waals surface area contributed by atoms with Crippen LogP contribution in [0.1, 0.15) is 20.3 Å². The molecule has 0 radical (unpaired) electrons. The molecule has 8 heteroatoms. The fourth-order valence-electron chi connectivity index (χ4n) is 3.52. The molecule has 1 aromatic carbocycles. The van der Waals surface area contributed by atoms with E-state index in [9.17, 15) is 9.59 Å². The average Bonchev–Trinajstić information content (AvgIpc) is 2.68. The van der Waals surface area contributed by atoms with Crippen molar-refractivity contribution in [3.8, 4) is 11.6 Å². The van der Waals surface area contributed by atoms with Crippen molar-refractivity contribution in [3.63, 3.8) is 0 Å². The van der Waals surface area contributed by atoms with Crippen molar-refractivity contribution in [2.24, 2.45) is 13.0 Å². The maximum Gasteiger partial charge on any atom is 0.404 e. The van der Waals surface area contributed by atoms with Crippen molar-refractivity contribution in [2.75, 3.05) is 13.7 Å². The molecule has 0 aliphatic rings. The van der Waals surface area contributed by atoms with E-state index in [1.807, 2.05) is 26.0 Å². The highest BCUT2D eigenvalue weighted by molar-refractivity contribution is 6.07. The van der Waals surface area contributed by atoms with Crippen LogP contribution in [0.3, 0.4) is 0 Å². The van der Waals surface area contributed by atoms with E-state index >= 15 is 0 Å². The molecule has 1 atom stereocenters. The van der Waals surface area contributed by atoms with Gasteiger partial charge in [0.1, 0.15) is 17.7 Å². The summed E-state index contributed by atoms with van der Waals surface area (Å²) in [4.78, 5) is 28.0. The van der Waals surface area contributed by atoms with Crippen LogP contribution < -0.4 is 20.3 Å². The fraction of sp³-hybridized carbons (Fsp3) is 0.381. The number of carboxylic acid groups (broad SMARTS) is 1. The van der Waals surface area contributed by atoms with Crippen molar-refractivity contribution >= 4 is 27.8 Å². The highest BCUT2D eigenvalue weighted by atomic mass is 16.5. The molecule has 1 amide bonds. The number of carbonyl (C=O) groups is 1. The van der Waals surface area contributed by atoms with E-state index in [0.717, 1.165) is 10.8 Å². The van der Waals surface area contributed by atoms with Crippen LogP contribution in [0.5, 0.6) is 11.6 Å². The first kappa shape index (κ1) is 20.4. The van der Waals surface area contributed by atoms with E-state index in [2.05, 4.69) is 10.3 Å². The van der Waals surface area contributed by atoms with Crippen molar-refractivity contribution in [2.45, 2.75) is 26.3 Å². The number of aromatic nitrogens is 2. The first-order chi connectivity index (χ1) is 13.8. The van der Waals surface area contributed by atoms with Gasteiger partial charge in [-0.05, 0) is 30.5 Å². The SMILES string of the molecule is COc1nccc2c1c(=O)n(C)c1cc(OCC(CC(C)C)NC(=O)O)ccc21. The molecule has 0 aliphatic heterocycles. The van der Waals surface area contributed by atoms with Crippen LogP contribution in [0.25, 0.3) is 21.7 Å². The molecule has 0 saturated heterocycles. The lowest BCUT2D eigenvalue weighted by Gasteiger charge is -2.20. The van der Waals surface area contributed by atoms with Gasteiger partial charge in [-0.15, -0.1) is 0 Å². The van der Waals surface area contributed by atoms with Gasteiger partial charge in [0.05, 0.1) is 18.7 Å². The van der Waals surface area contributed by atoms with E-state index < -0.39 is 6.09 Å². The van der Waals surface area contributed by atoms with Crippen molar-refractivity contribution in [1.29, 1.82) is 0 Å². The van der Waals surface area contributed by atoms with E-state index in [-0.39, 0.29) is 18.2 Å². The third-order valence-corrected chi connectivity index (χ3v) is 4.78. The topological polar surface area (TPSA) is 103 Å².